The number of carbonyl (C=O) groups excluding carboxylic acids is 1. The third kappa shape index (κ3) is 2.48. The van der Waals surface area contributed by atoms with Gasteiger partial charge in [-0.05, 0) is 55.9 Å². The smallest absolute Gasteiger partial charge is 0.169 e. The number of hydrogen-bond donors (Lipinski definition) is 0. The molecule has 0 amide bonds. The van der Waals surface area contributed by atoms with Crippen molar-refractivity contribution in [3.05, 3.63) is 57.9 Å². The van der Waals surface area contributed by atoms with Gasteiger partial charge in [0.05, 0.1) is 11.4 Å². The molecule has 3 nitrogen and oxygen atoms in total. The summed E-state index contributed by atoms with van der Waals surface area (Å²) in [5, 5.41) is 8.00. The number of rotatable bonds is 3. The van der Waals surface area contributed by atoms with E-state index < -0.39 is 0 Å². The molecule has 0 bridgehead atoms. The number of ketones is 1. The number of carbonyl (C=O) groups is 1. The molecule has 0 saturated carbocycles. The molecule has 1 aliphatic carbocycles. The first-order chi connectivity index (χ1) is 9.63. The van der Waals surface area contributed by atoms with E-state index in [4.69, 9.17) is 0 Å². The Hall–Kier alpha value is -2.03. The molecule has 102 valence electrons. The minimum Gasteiger partial charge on any atom is -0.294 e. The lowest BCUT2D eigenvalue weighted by atomic mass is 9.99. The van der Waals surface area contributed by atoms with Crippen LogP contribution in [0.3, 0.4) is 0 Å². The number of nitrogens with zero attached hydrogens (tertiary/aromatic N) is 2. The highest BCUT2D eigenvalue weighted by Crippen LogP contribution is 2.23. The normalized spacial score (nSPS) is 13.3. The van der Waals surface area contributed by atoms with E-state index in [1.165, 1.54) is 24.0 Å². The first-order valence-corrected chi connectivity index (χ1v) is 7.08. The fraction of sp³-hybridized carbons (Fsp3) is 0.353. The summed E-state index contributed by atoms with van der Waals surface area (Å²) in [4.78, 5) is 12.4. The lowest BCUT2D eigenvalue weighted by molar-refractivity contribution is 0.0991. The summed E-state index contributed by atoms with van der Waals surface area (Å²) >= 11 is 0. The van der Waals surface area contributed by atoms with Gasteiger partial charge >= 0.3 is 0 Å². The maximum Gasteiger partial charge on any atom is 0.169 e. The second-order valence-corrected chi connectivity index (χ2v) is 5.54. The average molecular weight is 266 g/mol. The molecular weight excluding hydrogens is 248 g/mol. The Morgan fingerprint density at radius 2 is 1.90 bits per heavy atom. The molecule has 1 aromatic carbocycles. The Balaban J connectivity index is 1.84. The second-order valence-electron chi connectivity index (χ2n) is 5.54. The number of hydrogen-bond acceptors (Lipinski definition) is 3. The second kappa shape index (κ2) is 5.16. The first-order valence-electron chi connectivity index (χ1n) is 7.08. The van der Waals surface area contributed by atoms with Crippen molar-refractivity contribution in [1.29, 1.82) is 0 Å². The number of aryl methyl sites for hydroxylation is 4. The van der Waals surface area contributed by atoms with E-state index in [9.17, 15) is 4.79 Å². The Morgan fingerprint density at radius 3 is 2.75 bits per heavy atom. The first kappa shape index (κ1) is 13.0. The summed E-state index contributed by atoms with van der Waals surface area (Å²) < 4.78 is 0. The minimum absolute atomic E-state index is 0.124. The standard InChI is InChI=1S/C17H18N2O/c1-11-8-16(12(2)19-18-11)17(20)10-13-6-7-14-4-3-5-15(14)9-13/h6-9H,3-5,10H2,1-2H3. The summed E-state index contributed by atoms with van der Waals surface area (Å²) in [6.45, 7) is 3.70. The van der Waals surface area contributed by atoms with Crippen LogP contribution in [-0.2, 0) is 19.3 Å². The predicted octanol–water partition coefficient (Wildman–Crippen LogP) is 3.01. The van der Waals surface area contributed by atoms with Crippen LogP contribution in [0.2, 0.25) is 0 Å². The van der Waals surface area contributed by atoms with Crippen LogP contribution in [0.1, 0.15) is 44.9 Å². The summed E-state index contributed by atoms with van der Waals surface area (Å²) in [6.07, 6.45) is 4.00. The van der Waals surface area contributed by atoms with Crippen molar-refractivity contribution in [2.75, 3.05) is 0 Å². The van der Waals surface area contributed by atoms with Gasteiger partial charge in [-0.25, -0.2) is 0 Å². The molecule has 0 fully saturated rings. The molecule has 0 N–H and O–H groups in total. The largest absolute Gasteiger partial charge is 0.294 e. The summed E-state index contributed by atoms with van der Waals surface area (Å²) in [7, 11) is 0. The zero-order chi connectivity index (χ0) is 14.1. The average Bonchev–Trinajstić information content (AvgIpc) is 2.89. The van der Waals surface area contributed by atoms with Gasteiger partial charge in [0.2, 0.25) is 0 Å². The van der Waals surface area contributed by atoms with Crippen LogP contribution < -0.4 is 0 Å². The number of aromatic nitrogens is 2. The highest BCUT2D eigenvalue weighted by Gasteiger charge is 2.15. The molecule has 3 rings (SSSR count). The zero-order valence-electron chi connectivity index (χ0n) is 11.9. The van der Waals surface area contributed by atoms with Crippen LogP contribution >= 0.6 is 0 Å². The molecule has 0 saturated heterocycles. The van der Waals surface area contributed by atoms with Crippen LogP contribution in [0.15, 0.2) is 24.3 Å². The van der Waals surface area contributed by atoms with Gasteiger partial charge in [0.1, 0.15) is 0 Å². The molecule has 0 atom stereocenters. The zero-order valence-corrected chi connectivity index (χ0v) is 11.9. The van der Waals surface area contributed by atoms with E-state index in [1.54, 1.807) is 0 Å². The van der Waals surface area contributed by atoms with Gasteiger partial charge in [0.15, 0.2) is 5.78 Å². The van der Waals surface area contributed by atoms with E-state index in [2.05, 4.69) is 28.4 Å². The lowest BCUT2D eigenvalue weighted by Crippen LogP contribution is -2.09. The van der Waals surface area contributed by atoms with Crippen LogP contribution in [0, 0.1) is 13.8 Å². The number of benzene rings is 1. The van der Waals surface area contributed by atoms with Crippen LogP contribution in [0.25, 0.3) is 0 Å². The Bertz CT molecular complexity index is 677. The molecule has 20 heavy (non-hydrogen) atoms. The molecule has 1 aliphatic rings. The summed E-state index contributed by atoms with van der Waals surface area (Å²) in [5.74, 6) is 0.124. The van der Waals surface area contributed by atoms with Crippen molar-refractivity contribution in [3.8, 4) is 0 Å². The van der Waals surface area contributed by atoms with Crippen molar-refractivity contribution in [3.63, 3.8) is 0 Å². The maximum atomic E-state index is 12.4. The number of fused-ring (bicyclic) bond motifs is 1. The van der Waals surface area contributed by atoms with Crippen LogP contribution in [0.4, 0.5) is 0 Å². The number of Topliss-reactive ketones (excluding diaryl/α,β-unsaturated/α-hetero) is 1. The molecule has 1 heterocycles. The van der Waals surface area contributed by atoms with Crippen LogP contribution in [-0.4, -0.2) is 16.0 Å². The highest BCUT2D eigenvalue weighted by molar-refractivity contribution is 5.98. The third-order valence-electron chi connectivity index (χ3n) is 3.93. The maximum absolute atomic E-state index is 12.4. The quantitative estimate of drug-likeness (QED) is 0.802. The molecule has 3 heteroatoms. The Labute approximate surface area is 119 Å². The molecular formula is C17H18N2O. The van der Waals surface area contributed by atoms with E-state index in [1.807, 2.05) is 19.9 Å². The van der Waals surface area contributed by atoms with Crippen molar-refractivity contribution in [2.45, 2.75) is 39.5 Å². The van der Waals surface area contributed by atoms with E-state index in [0.29, 0.717) is 17.7 Å². The fourth-order valence-corrected chi connectivity index (χ4v) is 2.85. The van der Waals surface area contributed by atoms with Gasteiger partial charge in [-0.15, -0.1) is 0 Å². The van der Waals surface area contributed by atoms with Crippen molar-refractivity contribution < 1.29 is 4.79 Å². The SMILES string of the molecule is Cc1cc(C(=O)Cc2ccc3c(c2)CCC3)c(C)nn1. The van der Waals surface area contributed by atoms with E-state index >= 15 is 0 Å². The van der Waals surface area contributed by atoms with Gasteiger partial charge in [-0.1, -0.05) is 18.2 Å². The molecule has 0 unspecified atom stereocenters. The third-order valence-corrected chi connectivity index (χ3v) is 3.93. The van der Waals surface area contributed by atoms with Gasteiger partial charge in [-0.3, -0.25) is 4.79 Å². The van der Waals surface area contributed by atoms with Gasteiger partial charge in [0, 0.05) is 12.0 Å². The monoisotopic (exact) mass is 266 g/mol. The van der Waals surface area contributed by atoms with Crippen LogP contribution in [0.5, 0.6) is 0 Å². The van der Waals surface area contributed by atoms with Crippen molar-refractivity contribution >= 4 is 5.78 Å². The Morgan fingerprint density at radius 1 is 1.10 bits per heavy atom. The molecule has 0 radical (unpaired) electrons. The fourth-order valence-electron chi connectivity index (χ4n) is 2.85. The molecule has 0 spiro atoms. The predicted molar refractivity (Wildman–Crippen MR) is 78.0 cm³/mol. The topological polar surface area (TPSA) is 42.9 Å². The van der Waals surface area contributed by atoms with E-state index in [-0.39, 0.29) is 5.78 Å². The summed E-state index contributed by atoms with van der Waals surface area (Å²) in [6, 6.07) is 8.28. The minimum atomic E-state index is 0.124. The molecule has 2 aromatic rings. The van der Waals surface area contributed by atoms with Gasteiger partial charge in [0.25, 0.3) is 0 Å². The van der Waals surface area contributed by atoms with Gasteiger partial charge in [-0.2, -0.15) is 10.2 Å². The highest BCUT2D eigenvalue weighted by atomic mass is 16.1. The Kier molecular flexibility index (Phi) is 3.35. The summed E-state index contributed by atoms with van der Waals surface area (Å²) in [5.41, 5.74) is 6.15. The molecule has 0 aliphatic heterocycles. The van der Waals surface area contributed by atoms with E-state index in [0.717, 1.165) is 17.7 Å². The van der Waals surface area contributed by atoms with Crippen molar-refractivity contribution in [2.24, 2.45) is 0 Å². The van der Waals surface area contributed by atoms with Gasteiger partial charge < -0.3 is 0 Å². The van der Waals surface area contributed by atoms with Crippen molar-refractivity contribution in [1.82, 2.24) is 10.2 Å². The molecule has 1 aromatic heterocycles. The lowest BCUT2D eigenvalue weighted by Gasteiger charge is -2.07.